The molecule has 1 aliphatic carbocycles. The Balaban J connectivity index is 2.14. The van der Waals surface area contributed by atoms with Gasteiger partial charge in [0.1, 0.15) is 0 Å². The standard InChI is InChI=1S/C9H18O2/c1-3-11-7-6-9(4-5-9)8(2)10/h8,10H,3-7H2,1-2H3. The van der Waals surface area contributed by atoms with Gasteiger partial charge in [-0.25, -0.2) is 0 Å². The van der Waals surface area contributed by atoms with Crippen LogP contribution in [0, 0.1) is 5.41 Å². The van der Waals surface area contributed by atoms with Crippen LogP contribution in [-0.2, 0) is 4.74 Å². The molecule has 1 aliphatic rings. The summed E-state index contributed by atoms with van der Waals surface area (Å²) >= 11 is 0. The Morgan fingerprint density at radius 2 is 2.18 bits per heavy atom. The van der Waals surface area contributed by atoms with Crippen molar-refractivity contribution in [3.05, 3.63) is 0 Å². The third-order valence-corrected chi connectivity index (χ3v) is 2.73. The summed E-state index contributed by atoms with van der Waals surface area (Å²) in [6.45, 7) is 5.48. The van der Waals surface area contributed by atoms with E-state index in [0.29, 0.717) is 0 Å². The fraction of sp³-hybridized carbons (Fsp3) is 1.00. The number of ether oxygens (including phenoxy) is 1. The Hall–Kier alpha value is -0.0800. The molecule has 11 heavy (non-hydrogen) atoms. The minimum atomic E-state index is -0.150. The van der Waals surface area contributed by atoms with Gasteiger partial charge in [-0.15, -0.1) is 0 Å². The van der Waals surface area contributed by atoms with Crippen LogP contribution in [0.3, 0.4) is 0 Å². The number of hydrogen-bond donors (Lipinski definition) is 1. The lowest BCUT2D eigenvalue weighted by atomic mass is 9.97. The van der Waals surface area contributed by atoms with Gasteiger partial charge in [0.15, 0.2) is 0 Å². The van der Waals surface area contributed by atoms with E-state index in [9.17, 15) is 5.11 Å². The number of rotatable bonds is 5. The SMILES string of the molecule is CCOCCC1(C(C)O)CC1. The summed E-state index contributed by atoms with van der Waals surface area (Å²) in [5.41, 5.74) is 0.231. The largest absolute Gasteiger partial charge is 0.393 e. The predicted octanol–water partition coefficient (Wildman–Crippen LogP) is 1.57. The minimum Gasteiger partial charge on any atom is -0.393 e. The molecule has 0 spiro atoms. The highest BCUT2D eigenvalue weighted by Gasteiger charge is 2.46. The topological polar surface area (TPSA) is 29.5 Å². The van der Waals surface area contributed by atoms with E-state index in [2.05, 4.69) is 0 Å². The molecule has 0 aliphatic heterocycles. The van der Waals surface area contributed by atoms with E-state index in [4.69, 9.17) is 4.74 Å². The molecule has 0 heterocycles. The van der Waals surface area contributed by atoms with E-state index >= 15 is 0 Å². The maximum atomic E-state index is 9.39. The quantitative estimate of drug-likeness (QED) is 0.615. The molecule has 1 atom stereocenters. The van der Waals surface area contributed by atoms with Crippen LogP contribution in [0.1, 0.15) is 33.1 Å². The van der Waals surface area contributed by atoms with Crippen molar-refractivity contribution in [3.8, 4) is 0 Å². The smallest absolute Gasteiger partial charge is 0.0569 e. The predicted molar refractivity (Wildman–Crippen MR) is 44.5 cm³/mol. The maximum absolute atomic E-state index is 9.39. The zero-order valence-electron chi connectivity index (χ0n) is 7.47. The minimum absolute atomic E-state index is 0.150. The molecular formula is C9H18O2. The van der Waals surface area contributed by atoms with E-state index in [1.165, 1.54) is 12.8 Å². The highest BCUT2D eigenvalue weighted by molar-refractivity contribution is 4.96. The van der Waals surface area contributed by atoms with Gasteiger partial charge < -0.3 is 9.84 Å². The van der Waals surface area contributed by atoms with Gasteiger partial charge in [0.25, 0.3) is 0 Å². The second kappa shape index (κ2) is 3.55. The molecule has 1 unspecified atom stereocenters. The molecule has 66 valence electrons. The normalized spacial score (nSPS) is 23.2. The Kier molecular flexibility index (Phi) is 2.90. The number of aliphatic hydroxyl groups is 1. The van der Waals surface area contributed by atoms with E-state index < -0.39 is 0 Å². The van der Waals surface area contributed by atoms with Gasteiger partial charge in [0, 0.05) is 13.2 Å². The molecule has 0 aromatic heterocycles. The Morgan fingerprint density at radius 1 is 1.55 bits per heavy atom. The maximum Gasteiger partial charge on any atom is 0.0569 e. The molecule has 0 aromatic rings. The monoisotopic (exact) mass is 158 g/mol. The first-order chi connectivity index (χ1) is 5.21. The highest BCUT2D eigenvalue weighted by Crippen LogP contribution is 2.51. The van der Waals surface area contributed by atoms with Crippen molar-refractivity contribution >= 4 is 0 Å². The van der Waals surface area contributed by atoms with Gasteiger partial charge in [-0.05, 0) is 38.5 Å². The average molecular weight is 158 g/mol. The summed E-state index contributed by atoms with van der Waals surface area (Å²) in [4.78, 5) is 0. The second-order valence-corrected chi connectivity index (χ2v) is 3.49. The lowest BCUT2D eigenvalue weighted by Gasteiger charge is -2.17. The molecule has 1 fully saturated rings. The molecule has 2 nitrogen and oxygen atoms in total. The Morgan fingerprint density at radius 3 is 2.55 bits per heavy atom. The summed E-state index contributed by atoms with van der Waals surface area (Å²) < 4.78 is 5.25. The van der Waals surface area contributed by atoms with Gasteiger partial charge in [-0.1, -0.05) is 0 Å². The highest BCUT2D eigenvalue weighted by atomic mass is 16.5. The molecule has 1 saturated carbocycles. The van der Waals surface area contributed by atoms with Crippen molar-refractivity contribution in [1.29, 1.82) is 0 Å². The van der Waals surface area contributed by atoms with Crippen LogP contribution in [0.15, 0.2) is 0 Å². The van der Waals surface area contributed by atoms with Gasteiger partial charge in [-0.2, -0.15) is 0 Å². The van der Waals surface area contributed by atoms with Crippen LogP contribution in [0.4, 0.5) is 0 Å². The first-order valence-electron chi connectivity index (χ1n) is 4.47. The first kappa shape index (κ1) is 9.01. The van der Waals surface area contributed by atoms with Crippen LogP contribution in [-0.4, -0.2) is 24.4 Å². The van der Waals surface area contributed by atoms with Crippen LogP contribution >= 0.6 is 0 Å². The lowest BCUT2D eigenvalue weighted by Crippen LogP contribution is -2.19. The molecule has 2 heteroatoms. The summed E-state index contributed by atoms with van der Waals surface area (Å²) in [6.07, 6.45) is 3.23. The second-order valence-electron chi connectivity index (χ2n) is 3.49. The van der Waals surface area contributed by atoms with Crippen molar-refractivity contribution < 1.29 is 9.84 Å². The summed E-state index contributed by atoms with van der Waals surface area (Å²) in [7, 11) is 0. The van der Waals surface area contributed by atoms with Gasteiger partial charge in [0.05, 0.1) is 6.10 Å². The zero-order chi connectivity index (χ0) is 8.32. The molecule has 0 amide bonds. The third kappa shape index (κ3) is 2.17. The molecule has 0 saturated heterocycles. The van der Waals surface area contributed by atoms with Gasteiger partial charge in [0.2, 0.25) is 0 Å². The van der Waals surface area contributed by atoms with E-state index in [1.807, 2.05) is 13.8 Å². The lowest BCUT2D eigenvalue weighted by molar-refractivity contribution is 0.0668. The van der Waals surface area contributed by atoms with Crippen LogP contribution in [0.2, 0.25) is 0 Å². The van der Waals surface area contributed by atoms with Crippen molar-refractivity contribution in [2.45, 2.75) is 39.2 Å². The van der Waals surface area contributed by atoms with E-state index in [1.54, 1.807) is 0 Å². The van der Waals surface area contributed by atoms with Crippen LogP contribution in [0.5, 0.6) is 0 Å². The van der Waals surface area contributed by atoms with Crippen molar-refractivity contribution in [2.24, 2.45) is 5.41 Å². The Bertz CT molecular complexity index is 117. The Labute approximate surface area is 68.6 Å². The summed E-state index contributed by atoms with van der Waals surface area (Å²) in [6, 6.07) is 0. The first-order valence-corrected chi connectivity index (χ1v) is 4.47. The van der Waals surface area contributed by atoms with Crippen molar-refractivity contribution in [3.63, 3.8) is 0 Å². The van der Waals surface area contributed by atoms with Crippen LogP contribution < -0.4 is 0 Å². The van der Waals surface area contributed by atoms with Crippen molar-refractivity contribution in [2.75, 3.05) is 13.2 Å². The summed E-state index contributed by atoms with van der Waals surface area (Å²) in [5.74, 6) is 0. The third-order valence-electron chi connectivity index (χ3n) is 2.73. The number of aliphatic hydroxyl groups excluding tert-OH is 1. The van der Waals surface area contributed by atoms with Gasteiger partial charge >= 0.3 is 0 Å². The van der Waals surface area contributed by atoms with Crippen LogP contribution in [0.25, 0.3) is 0 Å². The van der Waals surface area contributed by atoms with Gasteiger partial charge in [-0.3, -0.25) is 0 Å². The number of hydrogen-bond acceptors (Lipinski definition) is 2. The molecule has 1 N–H and O–H groups in total. The van der Waals surface area contributed by atoms with Crippen molar-refractivity contribution in [1.82, 2.24) is 0 Å². The summed E-state index contributed by atoms with van der Waals surface area (Å²) in [5, 5.41) is 9.39. The molecule has 0 radical (unpaired) electrons. The fourth-order valence-corrected chi connectivity index (χ4v) is 1.46. The fourth-order valence-electron chi connectivity index (χ4n) is 1.46. The van der Waals surface area contributed by atoms with E-state index in [-0.39, 0.29) is 11.5 Å². The average Bonchev–Trinajstić information content (AvgIpc) is 2.70. The molecule has 0 bridgehead atoms. The zero-order valence-corrected chi connectivity index (χ0v) is 7.47. The molecule has 0 aromatic carbocycles. The molecular weight excluding hydrogens is 140 g/mol. The molecule has 1 rings (SSSR count). The van der Waals surface area contributed by atoms with E-state index in [0.717, 1.165) is 19.6 Å².